The molecule has 1 fully saturated rings. The maximum absolute atomic E-state index is 12.3. The number of carbonyl (C=O) groups excluding carboxylic acids is 1. The van der Waals surface area contributed by atoms with E-state index >= 15 is 0 Å². The predicted octanol–water partition coefficient (Wildman–Crippen LogP) is 3.16. The van der Waals surface area contributed by atoms with Crippen molar-refractivity contribution in [2.75, 3.05) is 11.1 Å². The third-order valence-electron chi connectivity index (χ3n) is 4.45. The Morgan fingerprint density at radius 1 is 1.24 bits per heavy atom. The van der Waals surface area contributed by atoms with E-state index in [9.17, 15) is 13.2 Å². The number of nitrogens with one attached hydrogen (secondary N) is 1. The number of benzene rings is 1. The molecule has 1 saturated carbocycles. The lowest BCUT2D eigenvalue weighted by Gasteiger charge is -2.17. The first-order valence-electron chi connectivity index (χ1n) is 8.47. The summed E-state index contributed by atoms with van der Waals surface area (Å²) >= 11 is 0. The van der Waals surface area contributed by atoms with Gasteiger partial charge in [0.05, 0.1) is 10.6 Å². The summed E-state index contributed by atoms with van der Waals surface area (Å²) in [4.78, 5) is 12.5. The molecule has 1 aliphatic carbocycles. The molecule has 0 radical (unpaired) electrons. The lowest BCUT2D eigenvalue weighted by Crippen LogP contribution is -2.13. The van der Waals surface area contributed by atoms with E-state index in [1.807, 2.05) is 0 Å². The Bertz CT molecular complexity index is 854. The number of hydrogen-bond acceptors (Lipinski definition) is 6. The Balaban J connectivity index is 1.72. The van der Waals surface area contributed by atoms with Gasteiger partial charge in [0.2, 0.25) is 5.89 Å². The second kappa shape index (κ2) is 7.35. The van der Waals surface area contributed by atoms with Crippen LogP contribution in [0.15, 0.2) is 33.6 Å². The number of sulfone groups is 1. The molecule has 0 spiro atoms. The second-order valence-corrected chi connectivity index (χ2v) is 8.44. The monoisotopic (exact) mass is 363 g/mol. The van der Waals surface area contributed by atoms with Gasteiger partial charge in [0.1, 0.15) is 0 Å². The summed E-state index contributed by atoms with van der Waals surface area (Å²) < 4.78 is 29.4. The highest BCUT2D eigenvalue weighted by atomic mass is 32.2. The zero-order valence-electron chi connectivity index (χ0n) is 14.1. The van der Waals surface area contributed by atoms with Crippen LogP contribution in [0.1, 0.15) is 61.2 Å². The Kier molecular flexibility index (Phi) is 5.17. The molecule has 2 aromatic rings. The fourth-order valence-corrected chi connectivity index (χ4v) is 3.89. The van der Waals surface area contributed by atoms with E-state index in [1.165, 1.54) is 18.6 Å². The van der Waals surface area contributed by atoms with Gasteiger partial charge in [-0.05, 0) is 31.0 Å². The number of rotatable bonds is 5. The van der Waals surface area contributed by atoms with Crippen molar-refractivity contribution in [3.05, 3.63) is 35.7 Å². The molecule has 0 saturated heterocycles. The molecule has 1 aromatic carbocycles. The number of carbonyl (C=O) groups is 1. The van der Waals surface area contributed by atoms with E-state index in [0.29, 0.717) is 5.89 Å². The molecule has 8 heteroatoms. The number of amides is 1. The van der Waals surface area contributed by atoms with Gasteiger partial charge in [-0.1, -0.05) is 37.4 Å². The van der Waals surface area contributed by atoms with Crippen LogP contribution in [-0.2, 0) is 9.84 Å². The van der Waals surface area contributed by atoms with Gasteiger partial charge >= 0.3 is 6.01 Å². The first-order valence-corrected chi connectivity index (χ1v) is 10.1. The molecular formula is C17H21N3O4S. The van der Waals surface area contributed by atoms with Crippen LogP contribution in [-0.4, -0.2) is 30.3 Å². The largest absolute Gasteiger partial charge is 0.408 e. The maximum Gasteiger partial charge on any atom is 0.322 e. The van der Waals surface area contributed by atoms with Crippen LogP contribution >= 0.6 is 0 Å². The third-order valence-corrected chi connectivity index (χ3v) is 6.18. The van der Waals surface area contributed by atoms with Gasteiger partial charge in [0.15, 0.2) is 9.84 Å². The van der Waals surface area contributed by atoms with E-state index in [1.54, 1.807) is 19.1 Å². The smallest absolute Gasteiger partial charge is 0.322 e. The lowest BCUT2D eigenvalue weighted by atomic mass is 9.89. The number of anilines is 1. The second-order valence-electron chi connectivity index (χ2n) is 6.17. The topological polar surface area (TPSA) is 102 Å². The fraction of sp³-hybridized carbons (Fsp3) is 0.471. The molecular weight excluding hydrogens is 342 g/mol. The molecule has 3 rings (SSSR count). The third kappa shape index (κ3) is 4.07. The number of nitrogens with zero attached hydrogens (tertiary/aromatic N) is 2. The van der Waals surface area contributed by atoms with Gasteiger partial charge in [-0.15, -0.1) is 5.10 Å². The van der Waals surface area contributed by atoms with Crippen LogP contribution in [0.2, 0.25) is 0 Å². The average Bonchev–Trinajstić information content (AvgIpc) is 3.11. The molecule has 1 heterocycles. The summed E-state index contributed by atoms with van der Waals surface area (Å²) in [6, 6.07) is 5.95. The van der Waals surface area contributed by atoms with Crippen molar-refractivity contribution in [2.45, 2.75) is 49.8 Å². The van der Waals surface area contributed by atoms with Crippen LogP contribution in [0.25, 0.3) is 0 Å². The Morgan fingerprint density at radius 2 is 2.00 bits per heavy atom. The number of aromatic nitrogens is 2. The molecule has 1 N–H and O–H groups in total. The maximum atomic E-state index is 12.3. The zero-order valence-corrected chi connectivity index (χ0v) is 14.9. The molecule has 1 aromatic heterocycles. The summed E-state index contributed by atoms with van der Waals surface area (Å²) in [7, 11) is -3.37. The Hall–Kier alpha value is -2.22. The summed E-state index contributed by atoms with van der Waals surface area (Å²) in [5.41, 5.74) is 0.229. The highest BCUT2D eigenvalue weighted by Crippen LogP contribution is 2.32. The summed E-state index contributed by atoms with van der Waals surface area (Å²) in [5.74, 6) is 0.307. The van der Waals surface area contributed by atoms with Gasteiger partial charge in [-0.3, -0.25) is 10.1 Å². The van der Waals surface area contributed by atoms with Crippen LogP contribution in [0.5, 0.6) is 0 Å². The molecule has 7 nitrogen and oxygen atoms in total. The standard InChI is InChI=1S/C17H21N3O4S/c1-2-25(22,23)14-10-6-9-13(11-14)15(21)18-17-20-19-16(24-17)12-7-4-3-5-8-12/h6,9-12H,2-5,7-8H2,1H3,(H,18,20,21). The van der Waals surface area contributed by atoms with Crippen LogP contribution in [0.4, 0.5) is 6.01 Å². The fourth-order valence-electron chi connectivity index (χ4n) is 2.97. The summed E-state index contributed by atoms with van der Waals surface area (Å²) in [5, 5.41) is 10.4. The van der Waals surface area contributed by atoms with Gasteiger partial charge < -0.3 is 4.42 Å². The highest BCUT2D eigenvalue weighted by Gasteiger charge is 2.22. The minimum atomic E-state index is -3.37. The minimum Gasteiger partial charge on any atom is -0.408 e. The highest BCUT2D eigenvalue weighted by molar-refractivity contribution is 7.91. The van der Waals surface area contributed by atoms with E-state index in [4.69, 9.17) is 4.42 Å². The van der Waals surface area contributed by atoms with Crippen molar-refractivity contribution in [2.24, 2.45) is 0 Å². The van der Waals surface area contributed by atoms with E-state index < -0.39 is 15.7 Å². The molecule has 25 heavy (non-hydrogen) atoms. The van der Waals surface area contributed by atoms with E-state index in [-0.39, 0.29) is 28.1 Å². The van der Waals surface area contributed by atoms with Crippen molar-refractivity contribution < 1.29 is 17.6 Å². The van der Waals surface area contributed by atoms with Gasteiger partial charge in [0.25, 0.3) is 5.91 Å². The zero-order chi connectivity index (χ0) is 17.9. The van der Waals surface area contributed by atoms with E-state index in [2.05, 4.69) is 15.5 Å². The lowest BCUT2D eigenvalue weighted by molar-refractivity contribution is 0.102. The van der Waals surface area contributed by atoms with Gasteiger partial charge in [0, 0.05) is 11.5 Å². The summed E-state index contributed by atoms with van der Waals surface area (Å²) in [6.45, 7) is 1.56. The molecule has 134 valence electrons. The Morgan fingerprint density at radius 3 is 2.72 bits per heavy atom. The molecule has 0 unspecified atom stereocenters. The van der Waals surface area contributed by atoms with Crippen molar-refractivity contribution in [1.82, 2.24) is 10.2 Å². The minimum absolute atomic E-state index is 0.0213. The predicted molar refractivity (Wildman–Crippen MR) is 92.2 cm³/mol. The van der Waals surface area contributed by atoms with Gasteiger partial charge in [-0.25, -0.2) is 8.42 Å². The normalized spacial score (nSPS) is 15.9. The average molecular weight is 363 g/mol. The molecule has 0 aliphatic heterocycles. The number of hydrogen-bond donors (Lipinski definition) is 1. The van der Waals surface area contributed by atoms with Gasteiger partial charge in [-0.2, -0.15) is 0 Å². The quantitative estimate of drug-likeness (QED) is 0.875. The Labute approximate surface area is 146 Å². The molecule has 1 amide bonds. The van der Waals surface area contributed by atoms with Crippen LogP contribution < -0.4 is 5.32 Å². The van der Waals surface area contributed by atoms with Crippen LogP contribution in [0, 0.1) is 0 Å². The summed E-state index contributed by atoms with van der Waals surface area (Å²) in [6.07, 6.45) is 5.56. The van der Waals surface area contributed by atoms with Crippen molar-refractivity contribution in [3.8, 4) is 0 Å². The van der Waals surface area contributed by atoms with Crippen molar-refractivity contribution in [1.29, 1.82) is 0 Å². The van der Waals surface area contributed by atoms with Crippen LogP contribution in [0.3, 0.4) is 0 Å². The molecule has 0 atom stereocenters. The first kappa shape index (κ1) is 17.6. The first-order chi connectivity index (χ1) is 12.0. The van der Waals surface area contributed by atoms with Crippen molar-refractivity contribution >= 4 is 21.8 Å². The molecule has 0 bridgehead atoms. The van der Waals surface area contributed by atoms with E-state index in [0.717, 1.165) is 25.7 Å². The van der Waals surface area contributed by atoms with Crippen molar-refractivity contribution in [3.63, 3.8) is 0 Å². The molecule has 1 aliphatic rings. The SMILES string of the molecule is CCS(=O)(=O)c1cccc(C(=O)Nc2nnc(C3CCCCC3)o2)c1.